The van der Waals surface area contributed by atoms with Gasteiger partial charge in [0.2, 0.25) is 0 Å². The highest BCUT2D eigenvalue weighted by Gasteiger charge is 2.36. The monoisotopic (exact) mass is 319 g/mol. The van der Waals surface area contributed by atoms with Crippen LogP contribution < -0.4 is 5.73 Å². The van der Waals surface area contributed by atoms with E-state index in [2.05, 4.69) is 0 Å². The van der Waals surface area contributed by atoms with Gasteiger partial charge >= 0.3 is 0 Å². The molecule has 0 bridgehead atoms. The molecule has 1 unspecified atom stereocenters. The van der Waals surface area contributed by atoms with Crippen molar-refractivity contribution < 1.29 is 13.3 Å². The van der Waals surface area contributed by atoms with Crippen molar-refractivity contribution in [3.63, 3.8) is 0 Å². The molecule has 1 aliphatic rings. The molecule has 0 radical (unpaired) electrons. The van der Waals surface area contributed by atoms with Crippen LogP contribution in [0, 0.1) is 10.1 Å². The lowest BCUT2D eigenvalue weighted by atomic mass is 10.1. The molecule has 0 aromatic heterocycles. The van der Waals surface area contributed by atoms with Crippen LogP contribution in [0.3, 0.4) is 0 Å². The van der Waals surface area contributed by atoms with Crippen LogP contribution in [0.15, 0.2) is 23.1 Å². The number of rotatable bonds is 3. The Morgan fingerprint density at radius 2 is 2.10 bits per heavy atom. The van der Waals surface area contributed by atoms with Crippen molar-refractivity contribution in [2.75, 3.05) is 6.54 Å². The summed E-state index contributed by atoms with van der Waals surface area (Å²) in [4.78, 5) is 9.89. The van der Waals surface area contributed by atoms with Crippen molar-refractivity contribution in [3.8, 4) is 0 Å². The first-order chi connectivity index (χ1) is 9.34. The average Bonchev–Trinajstić information content (AvgIpc) is 2.38. The Labute approximate surface area is 121 Å². The van der Waals surface area contributed by atoms with Gasteiger partial charge in [0.15, 0.2) is 4.90 Å². The molecular formula is C11H14ClN3O4S. The molecule has 1 fully saturated rings. The minimum absolute atomic E-state index is 0.110. The van der Waals surface area contributed by atoms with Crippen LogP contribution in [0.4, 0.5) is 5.69 Å². The first-order valence-corrected chi connectivity index (χ1v) is 7.87. The summed E-state index contributed by atoms with van der Waals surface area (Å²) < 4.78 is 26.2. The zero-order valence-corrected chi connectivity index (χ0v) is 12.1. The quantitative estimate of drug-likeness (QED) is 0.674. The highest BCUT2D eigenvalue weighted by molar-refractivity contribution is 7.89. The van der Waals surface area contributed by atoms with Crippen molar-refractivity contribution in [2.45, 2.75) is 30.3 Å². The van der Waals surface area contributed by atoms with Gasteiger partial charge in [-0.2, -0.15) is 4.31 Å². The molecule has 7 nitrogen and oxygen atoms in total. The molecule has 110 valence electrons. The lowest BCUT2D eigenvalue weighted by Crippen LogP contribution is -2.48. The number of hydrogen-bond acceptors (Lipinski definition) is 5. The minimum atomic E-state index is -4.00. The number of nitro benzene ring substituents is 1. The fourth-order valence-corrected chi connectivity index (χ4v) is 4.10. The highest BCUT2D eigenvalue weighted by Crippen LogP contribution is 2.31. The SMILES string of the molecule is NC1CCCCN1S(=O)(=O)c1ccc(Cl)cc1[N+](=O)[O-]. The van der Waals surface area contributed by atoms with Crippen molar-refractivity contribution in [1.82, 2.24) is 4.31 Å². The van der Waals surface area contributed by atoms with Crippen molar-refractivity contribution in [3.05, 3.63) is 33.3 Å². The van der Waals surface area contributed by atoms with Gasteiger partial charge in [-0.25, -0.2) is 8.42 Å². The maximum atomic E-state index is 12.5. The molecular weight excluding hydrogens is 306 g/mol. The number of piperidine rings is 1. The van der Waals surface area contributed by atoms with Gasteiger partial charge in [-0.15, -0.1) is 0 Å². The number of nitrogens with two attached hydrogens (primary N) is 1. The van der Waals surface area contributed by atoms with Gasteiger partial charge in [0.05, 0.1) is 11.1 Å². The molecule has 1 heterocycles. The maximum absolute atomic E-state index is 12.5. The Morgan fingerprint density at radius 1 is 1.40 bits per heavy atom. The summed E-state index contributed by atoms with van der Waals surface area (Å²) in [7, 11) is -4.00. The van der Waals surface area contributed by atoms with E-state index in [9.17, 15) is 18.5 Å². The topological polar surface area (TPSA) is 107 Å². The average molecular weight is 320 g/mol. The van der Waals surface area contributed by atoms with E-state index in [1.165, 1.54) is 6.07 Å². The molecule has 0 amide bonds. The number of nitrogens with zero attached hydrogens (tertiary/aromatic N) is 2. The largest absolute Gasteiger partial charge is 0.315 e. The van der Waals surface area contributed by atoms with Gasteiger partial charge in [-0.1, -0.05) is 11.6 Å². The van der Waals surface area contributed by atoms with Crippen LogP contribution in [0.5, 0.6) is 0 Å². The molecule has 0 aliphatic carbocycles. The van der Waals surface area contributed by atoms with Crippen LogP contribution in [-0.2, 0) is 10.0 Å². The molecule has 2 N–H and O–H groups in total. The fourth-order valence-electron chi connectivity index (χ4n) is 2.21. The first-order valence-electron chi connectivity index (χ1n) is 6.05. The summed E-state index contributed by atoms with van der Waals surface area (Å²) in [6, 6.07) is 3.50. The van der Waals surface area contributed by atoms with Crippen molar-refractivity contribution >= 4 is 27.3 Å². The number of benzene rings is 1. The molecule has 2 rings (SSSR count). The van der Waals surface area contributed by atoms with Gasteiger partial charge in [0.1, 0.15) is 0 Å². The van der Waals surface area contributed by atoms with Gasteiger partial charge in [-0.3, -0.25) is 10.1 Å². The maximum Gasteiger partial charge on any atom is 0.290 e. The first kappa shape index (κ1) is 15.2. The molecule has 0 spiro atoms. The van der Waals surface area contributed by atoms with E-state index in [-0.39, 0.29) is 16.5 Å². The van der Waals surface area contributed by atoms with Crippen molar-refractivity contribution in [1.29, 1.82) is 0 Å². The standard InChI is InChI=1S/C11H14ClN3O4S/c12-8-4-5-10(9(7-8)15(16)17)20(18,19)14-6-2-1-3-11(14)13/h4-5,7,11H,1-3,6,13H2. The lowest BCUT2D eigenvalue weighted by Gasteiger charge is -2.31. The molecule has 9 heteroatoms. The van der Waals surface area contributed by atoms with Crippen LogP contribution >= 0.6 is 11.6 Å². The second-order valence-corrected chi connectivity index (χ2v) is 6.84. The van der Waals surface area contributed by atoms with E-state index in [1.54, 1.807) is 0 Å². The molecule has 1 aromatic carbocycles. The Kier molecular flexibility index (Phi) is 4.28. The molecule has 1 atom stereocenters. The summed E-state index contributed by atoms with van der Waals surface area (Å²) in [5.41, 5.74) is 5.28. The Balaban J connectivity index is 2.51. The van der Waals surface area contributed by atoms with E-state index >= 15 is 0 Å². The zero-order chi connectivity index (χ0) is 14.9. The number of nitro groups is 1. The molecule has 20 heavy (non-hydrogen) atoms. The predicted octanol–water partition coefficient (Wildman–Crippen LogP) is 1.71. The van der Waals surface area contributed by atoms with Crippen LogP contribution in [0.25, 0.3) is 0 Å². The second kappa shape index (κ2) is 5.65. The second-order valence-electron chi connectivity index (χ2n) is 4.55. The van der Waals surface area contributed by atoms with Gasteiger partial charge in [0, 0.05) is 17.6 Å². The molecule has 1 saturated heterocycles. The lowest BCUT2D eigenvalue weighted by molar-refractivity contribution is -0.387. The summed E-state index contributed by atoms with van der Waals surface area (Å²) in [6.07, 6.45) is 1.43. The Bertz CT molecular complexity index is 635. The van der Waals surface area contributed by atoms with Crippen LogP contribution in [-0.4, -0.2) is 30.4 Å². The Morgan fingerprint density at radius 3 is 2.70 bits per heavy atom. The summed E-state index contributed by atoms with van der Waals surface area (Å²) in [5, 5.41) is 11.1. The fraction of sp³-hybridized carbons (Fsp3) is 0.455. The predicted molar refractivity (Wildman–Crippen MR) is 73.8 cm³/mol. The van der Waals surface area contributed by atoms with E-state index in [1.807, 2.05) is 0 Å². The molecule has 1 aliphatic heterocycles. The van der Waals surface area contributed by atoms with Gasteiger partial charge < -0.3 is 5.73 Å². The summed E-state index contributed by atoms with van der Waals surface area (Å²) >= 11 is 5.69. The smallest absolute Gasteiger partial charge is 0.290 e. The van der Waals surface area contributed by atoms with Crippen LogP contribution in [0.2, 0.25) is 5.02 Å². The third kappa shape index (κ3) is 2.78. The van der Waals surface area contributed by atoms with Gasteiger partial charge in [-0.05, 0) is 31.4 Å². The number of halogens is 1. The minimum Gasteiger partial charge on any atom is -0.315 e. The van der Waals surface area contributed by atoms with Crippen molar-refractivity contribution in [2.24, 2.45) is 5.73 Å². The number of sulfonamides is 1. The van der Waals surface area contributed by atoms with Gasteiger partial charge in [0.25, 0.3) is 15.7 Å². The Hall–Kier alpha value is -1.22. The number of hydrogen-bond donors (Lipinski definition) is 1. The van der Waals surface area contributed by atoms with E-state index in [0.717, 1.165) is 22.9 Å². The summed E-state index contributed by atoms with van der Waals surface area (Å²) in [6.45, 7) is 0.267. The van der Waals surface area contributed by atoms with E-state index in [4.69, 9.17) is 17.3 Å². The third-order valence-corrected chi connectivity index (χ3v) is 5.41. The molecule has 0 saturated carbocycles. The highest BCUT2D eigenvalue weighted by atomic mass is 35.5. The normalized spacial score (nSPS) is 20.8. The van der Waals surface area contributed by atoms with E-state index in [0.29, 0.717) is 12.8 Å². The third-order valence-electron chi connectivity index (χ3n) is 3.20. The van der Waals surface area contributed by atoms with E-state index < -0.39 is 26.8 Å². The zero-order valence-electron chi connectivity index (χ0n) is 10.5. The molecule has 1 aromatic rings. The van der Waals surface area contributed by atoms with Crippen LogP contribution in [0.1, 0.15) is 19.3 Å². The summed E-state index contributed by atoms with van der Waals surface area (Å²) in [5.74, 6) is 0.